The maximum Gasteiger partial charge on any atom is 0.151 e. The third kappa shape index (κ3) is 2.74. The van der Waals surface area contributed by atoms with E-state index in [1.165, 1.54) is 0 Å². The van der Waals surface area contributed by atoms with Gasteiger partial charge in [0.2, 0.25) is 0 Å². The van der Waals surface area contributed by atoms with Crippen molar-refractivity contribution in [2.24, 2.45) is 0 Å². The number of pyridine rings is 2. The summed E-state index contributed by atoms with van der Waals surface area (Å²) in [5.74, 6) is 0.794. The van der Waals surface area contributed by atoms with E-state index in [-0.39, 0.29) is 0 Å². The van der Waals surface area contributed by atoms with Crippen molar-refractivity contribution in [3.8, 4) is 5.82 Å². The van der Waals surface area contributed by atoms with Crippen LogP contribution in [0.4, 0.5) is 0 Å². The summed E-state index contributed by atoms with van der Waals surface area (Å²) in [7, 11) is 0. The van der Waals surface area contributed by atoms with Crippen LogP contribution in [0.5, 0.6) is 0 Å². The minimum Gasteiger partial charge on any atom is -0.312 e. The van der Waals surface area contributed by atoms with Gasteiger partial charge in [-0.05, 0) is 65.2 Å². The fraction of sp³-hybridized carbons (Fsp3) is 0.158. The molecule has 0 spiro atoms. The van der Waals surface area contributed by atoms with Gasteiger partial charge in [-0.25, -0.2) is 9.97 Å². The molecule has 0 atom stereocenters. The summed E-state index contributed by atoms with van der Waals surface area (Å²) in [6, 6.07) is 7.80. The lowest BCUT2D eigenvalue weighted by Crippen LogP contribution is -2.21. The first-order valence-electron chi connectivity index (χ1n) is 8.18. The summed E-state index contributed by atoms with van der Waals surface area (Å²) in [5.41, 5.74) is 4.38. The van der Waals surface area contributed by atoms with Gasteiger partial charge in [0, 0.05) is 28.8 Å². The molecule has 4 rings (SSSR count). The largest absolute Gasteiger partial charge is 0.312 e. The van der Waals surface area contributed by atoms with E-state index in [0.717, 1.165) is 38.1 Å². The molecular weight excluding hydrogens is 392 g/mol. The lowest BCUT2D eigenvalue weighted by molar-refractivity contribution is 0.720. The number of aromatic nitrogens is 5. The highest BCUT2D eigenvalue weighted by atomic mass is 79.9. The van der Waals surface area contributed by atoms with E-state index in [9.17, 15) is 0 Å². The minimum atomic E-state index is 0.447. The average Bonchev–Trinajstić information content (AvgIpc) is 2.91. The van der Waals surface area contributed by atoms with Crippen molar-refractivity contribution in [2.45, 2.75) is 20.4 Å². The Morgan fingerprint density at radius 1 is 1.08 bits per heavy atom. The van der Waals surface area contributed by atoms with E-state index in [4.69, 9.17) is 5.41 Å². The van der Waals surface area contributed by atoms with Crippen LogP contribution in [0.15, 0.2) is 53.7 Å². The second-order valence-electron chi connectivity index (χ2n) is 6.16. The van der Waals surface area contributed by atoms with Crippen LogP contribution >= 0.6 is 15.9 Å². The zero-order valence-corrected chi connectivity index (χ0v) is 16.0. The first-order chi connectivity index (χ1) is 12.6. The Bertz CT molecular complexity index is 1140. The topological polar surface area (TPSA) is 72.4 Å². The van der Waals surface area contributed by atoms with Crippen molar-refractivity contribution >= 4 is 27.0 Å². The molecule has 0 saturated carbocycles. The number of halogens is 1. The molecule has 0 bridgehead atoms. The molecule has 0 aliphatic rings. The van der Waals surface area contributed by atoms with Crippen LogP contribution in [-0.2, 0) is 6.54 Å². The minimum absolute atomic E-state index is 0.447. The fourth-order valence-corrected chi connectivity index (χ4v) is 3.34. The predicted molar refractivity (Wildman–Crippen MR) is 103 cm³/mol. The van der Waals surface area contributed by atoms with E-state index < -0.39 is 0 Å². The summed E-state index contributed by atoms with van der Waals surface area (Å²) in [5, 5.41) is 9.55. The van der Waals surface area contributed by atoms with Gasteiger partial charge in [0.05, 0.1) is 18.3 Å². The van der Waals surface area contributed by atoms with Crippen LogP contribution in [0.3, 0.4) is 0 Å². The number of aryl methyl sites for hydroxylation is 1. The number of hydrogen-bond donors (Lipinski definition) is 1. The number of nitrogens with zero attached hydrogens (tertiary/aromatic N) is 5. The Hall–Kier alpha value is -2.80. The van der Waals surface area contributed by atoms with E-state index >= 15 is 0 Å². The van der Waals surface area contributed by atoms with Gasteiger partial charge in [-0.1, -0.05) is 0 Å². The highest BCUT2D eigenvalue weighted by molar-refractivity contribution is 9.10. The summed E-state index contributed by atoms with van der Waals surface area (Å²) in [6.45, 7) is 4.65. The predicted octanol–water partition coefficient (Wildman–Crippen LogP) is 3.52. The van der Waals surface area contributed by atoms with Gasteiger partial charge in [0.25, 0.3) is 0 Å². The Morgan fingerprint density at radius 2 is 1.85 bits per heavy atom. The van der Waals surface area contributed by atoms with Crippen LogP contribution in [0, 0.1) is 19.3 Å². The third-order valence-corrected chi connectivity index (χ3v) is 5.04. The number of fused-ring (bicyclic) bond motifs is 1. The molecule has 7 heteroatoms. The number of nitrogens with one attached hydrogen (secondary N) is 1. The molecule has 0 radical (unpaired) electrons. The third-order valence-electron chi connectivity index (χ3n) is 4.58. The van der Waals surface area contributed by atoms with Gasteiger partial charge >= 0.3 is 0 Å². The Balaban J connectivity index is 1.90. The van der Waals surface area contributed by atoms with Gasteiger partial charge < -0.3 is 4.57 Å². The molecule has 0 aliphatic carbocycles. The van der Waals surface area contributed by atoms with Crippen molar-refractivity contribution in [3.63, 3.8) is 0 Å². The summed E-state index contributed by atoms with van der Waals surface area (Å²) in [6.07, 6.45) is 7.01. The monoisotopic (exact) mass is 408 g/mol. The maximum absolute atomic E-state index is 8.70. The van der Waals surface area contributed by atoms with Crippen molar-refractivity contribution in [3.05, 3.63) is 76.0 Å². The van der Waals surface area contributed by atoms with Crippen LogP contribution < -0.4 is 5.49 Å². The standard InChI is InChI=1S/C19H17BrN6/c1-12-13(2)26(16-4-3-15(20)9-23-16)19-17(12)18(21)25(11-24-19)10-14-5-7-22-8-6-14/h3-9,11,21H,10H2,1-2H3. The second-order valence-corrected chi connectivity index (χ2v) is 7.07. The van der Waals surface area contributed by atoms with Gasteiger partial charge in [-0.3, -0.25) is 15.0 Å². The highest BCUT2D eigenvalue weighted by Crippen LogP contribution is 2.24. The average molecular weight is 409 g/mol. The van der Waals surface area contributed by atoms with Crippen LogP contribution in [0.25, 0.3) is 16.9 Å². The van der Waals surface area contributed by atoms with Crippen molar-refractivity contribution in [1.82, 2.24) is 24.1 Å². The quantitative estimate of drug-likeness (QED) is 0.563. The smallest absolute Gasteiger partial charge is 0.151 e. The van der Waals surface area contributed by atoms with Crippen LogP contribution in [-0.4, -0.2) is 24.1 Å². The van der Waals surface area contributed by atoms with Gasteiger partial charge in [-0.2, -0.15) is 0 Å². The normalized spacial score (nSPS) is 11.2. The first-order valence-corrected chi connectivity index (χ1v) is 8.98. The zero-order valence-electron chi connectivity index (χ0n) is 14.4. The lowest BCUT2D eigenvalue weighted by Gasteiger charge is -2.09. The highest BCUT2D eigenvalue weighted by Gasteiger charge is 2.17. The van der Waals surface area contributed by atoms with Crippen molar-refractivity contribution in [2.75, 3.05) is 0 Å². The zero-order chi connectivity index (χ0) is 18.3. The Labute approximate surface area is 158 Å². The van der Waals surface area contributed by atoms with Crippen molar-refractivity contribution < 1.29 is 0 Å². The van der Waals surface area contributed by atoms with E-state index in [0.29, 0.717) is 12.0 Å². The fourth-order valence-electron chi connectivity index (χ4n) is 3.10. The maximum atomic E-state index is 8.70. The SMILES string of the molecule is Cc1c(C)n(-c2ccc(Br)cn2)c2ncn(Cc3ccncc3)c(=N)c12. The molecule has 4 aromatic heterocycles. The molecular formula is C19H17BrN6. The molecule has 4 heterocycles. The van der Waals surface area contributed by atoms with E-state index in [2.05, 4.69) is 30.9 Å². The van der Waals surface area contributed by atoms with Crippen LogP contribution in [0.2, 0.25) is 0 Å². The molecule has 4 aromatic rings. The molecule has 0 fully saturated rings. The van der Waals surface area contributed by atoms with Gasteiger partial charge in [0.15, 0.2) is 5.65 Å². The molecule has 0 amide bonds. The van der Waals surface area contributed by atoms with E-state index in [1.807, 2.05) is 47.2 Å². The molecule has 26 heavy (non-hydrogen) atoms. The van der Waals surface area contributed by atoms with Gasteiger partial charge in [0.1, 0.15) is 11.3 Å². The molecule has 6 nitrogen and oxygen atoms in total. The summed E-state index contributed by atoms with van der Waals surface area (Å²) in [4.78, 5) is 13.2. The number of hydrogen-bond acceptors (Lipinski definition) is 4. The molecule has 0 saturated heterocycles. The molecule has 0 aliphatic heterocycles. The molecule has 130 valence electrons. The Kier molecular flexibility index (Phi) is 4.16. The van der Waals surface area contributed by atoms with Crippen molar-refractivity contribution in [1.29, 1.82) is 5.41 Å². The summed E-state index contributed by atoms with van der Waals surface area (Å²) < 4.78 is 4.78. The second kappa shape index (κ2) is 6.49. The molecule has 0 aromatic carbocycles. The van der Waals surface area contributed by atoms with Crippen LogP contribution in [0.1, 0.15) is 16.8 Å². The molecule has 1 N–H and O–H groups in total. The molecule has 0 unspecified atom stereocenters. The first kappa shape index (κ1) is 16.7. The van der Waals surface area contributed by atoms with E-state index in [1.54, 1.807) is 24.9 Å². The van der Waals surface area contributed by atoms with Gasteiger partial charge in [-0.15, -0.1) is 0 Å². The number of rotatable bonds is 3. The summed E-state index contributed by atoms with van der Waals surface area (Å²) >= 11 is 3.42. The lowest BCUT2D eigenvalue weighted by atomic mass is 10.2. The Morgan fingerprint density at radius 3 is 2.54 bits per heavy atom.